The Bertz CT molecular complexity index is 387. The molecule has 3 nitrogen and oxygen atoms in total. The molecule has 0 saturated heterocycles. The van der Waals surface area contributed by atoms with Crippen LogP contribution in [0.1, 0.15) is 24.1 Å². The highest BCUT2D eigenvalue weighted by molar-refractivity contribution is 7.16. The van der Waals surface area contributed by atoms with Gasteiger partial charge in [0.1, 0.15) is 0 Å². The van der Waals surface area contributed by atoms with Crippen molar-refractivity contribution < 1.29 is 9.90 Å². The van der Waals surface area contributed by atoms with Gasteiger partial charge in [-0.25, -0.2) is 0 Å². The summed E-state index contributed by atoms with van der Waals surface area (Å²) in [4.78, 5) is 12.2. The maximum atomic E-state index is 11.1. The van der Waals surface area contributed by atoms with Gasteiger partial charge >= 0.3 is 5.97 Å². The van der Waals surface area contributed by atoms with Crippen molar-refractivity contribution >= 4 is 28.9 Å². The van der Waals surface area contributed by atoms with E-state index in [0.717, 1.165) is 28.5 Å². The van der Waals surface area contributed by atoms with Crippen molar-refractivity contribution in [1.82, 2.24) is 5.32 Å². The van der Waals surface area contributed by atoms with Crippen molar-refractivity contribution in [2.45, 2.75) is 25.8 Å². The van der Waals surface area contributed by atoms with E-state index in [0.29, 0.717) is 13.1 Å². The molecule has 1 aliphatic rings. The van der Waals surface area contributed by atoms with E-state index in [9.17, 15) is 4.79 Å². The number of thiophene rings is 1. The third-order valence-electron chi connectivity index (χ3n) is 3.16. The zero-order chi connectivity index (χ0) is 11.6. The number of hydrogen-bond donors (Lipinski definition) is 2. The average Bonchev–Trinajstić information content (AvgIpc) is 2.55. The number of nitrogens with one attached hydrogen (secondary N) is 1. The van der Waals surface area contributed by atoms with Gasteiger partial charge in [0.25, 0.3) is 0 Å². The smallest absolute Gasteiger partial charge is 0.310 e. The Kier molecular flexibility index (Phi) is 3.52. The zero-order valence-corrected chi connectivity index (χ0v) is 10.4. The van der Waals surface area contributed by atoms with Crippen LogP contribution in [0.15, 0.2) is 12.1 Å². The Morgan fingerprint density at radius 3 is 2.75 bits per heavy atom. The number of carboxylic acids is 1. The van der Waals surface area contributed by atoms with Gasteiger partial charge in [0.2, 0.25) is 0 Å². The van der Waals surface area contributed by atoms with Crippen LogP contribution in [-0.2, 0) is 11.3 Å². The highest BCUT2D eigenvalue weighted by atomic mass is 35.5. The van der Waals surface area contributed by atoms with Crippen LogP contribution in [-0.4, -0.2) is 17.6 Å². The molecule has 0 amide bonds. The lowest BCUT2D eigenvalue weighted by Crippen LogP contribution is -2.45. The average molecular weight is 260 g/mol. The van der Waals surface area contributed by atoms with Crippen molar-refractivity contribution in [2.75, 3.05) is 6.54 Å². The van der Waals surface area contributed by atoms with Crippen LogP contribution in [0, 0.1) is 5.41 Å². The molecular formula is C11H14ClNO2S. The van der Waals surface area contributed by atoms with E-state index in [2.05, 4.69) is 5.32 Å². The summed E-state index contributed by atoms with van der Waals surface area (Å²) < 4.78 is 0.772. The number of carbonyl (C=O) groups is 1. The lowest BCUT2D eigenvalue weighted by molar-refractivity contribution is -0.154. The highest BCUT2D eigenvalue weighted by Crippen LogP contribution is 2.40. The van der Waals surface area contributed by atoms with Gasteiger partial charge in [-0.1, -0.05) is 18.0 Å². The first-order valence-electron chi connectivity index (χ1n) is 5.31. The predicted octanol–water partition coefficient (Wildman–Crippen LogP) is 2.75. The van der Waals surface area contributed by atoms with Gasteiger partial charge in [-0.2, -0.15) is 0 Å². The van der Waals surface area contributed by atoms with Crippen molar-refractivity contribution in [3.05, 3.63) is 21.3 Å². The summed E-state index contributed by atoms with van der Waals surface area (Å²) in [6, 6.07) is 3.83. The second kappa shape index (κ2) is 4.73. The van der Waals surface area contributed by atoms with Gasteiger partial charge < -0.3 is 10.4 Å². The lowest BCUT2D eigenvalue weighted by atomic mass is 9.69. The van der Waals surface area contributed by atoms with E-state index in [4.69, 9.17) is 16.7 Å². The fourth-order valence-electron chi connectivity index (χ4n) is 1.94. The lowest BCUT2D eigenvalue weighted by Gasteiger charge is -2.37. The zero-order valence-electron chi connectivity index (χ0n) is 8.83. The Labute approximate surface area is 103 Å². The Balaban J connectivity index is 1.81. The second-order valence-electron chi connectivity index (χ2n) is 4.25. The molecule has 1 aliphatic carbocycles. The fourth-order valence-corrected chi connectivity index (χ4v) is 3.00. The van der Waals surface area contributed by atoms with Crippen molar-refractivity contribution in [3.8, 4) is 0 Å². The standard InChI is InChI=1S/C11H14ClNO2S/c12-9-3-2-8(16-9)6-13-7-11(10(14)15)4-1-5-11/h2-3,13H,1,4-7H2,(H,14,15). The Morgan fingerprint density at radius 1 is 1.56 bits per heavy atom. The molecule has 0 aliphatic heterocycles. The van der Waals surface area contributed by atoms with Gasteiger partial charge in [-0.05, 0) is 25.0 Å². The summed E-state index contributed by atoms with van der Waals surface area (Å²) in [6.45, 7) is 1.25. The minimum atomic E-state index is -0.671. The summed E-state index contributed by atoms with van der Waals surface area (Å²) in [5.74, 6) is -0.671. The molecule has 2 rings (SSSR count). The van der Waals surface area contributed by atoms with Crippen LogP contribution in [0.4, 0.5) is 0 Å². The van der Waals surface area contributed by atoms with Crippen LogP contribution < -0.4 is 5.32 Å². The number of aliphatic carboxylic acids is 1. The molecule has 1 fully saturated rings. The Hall–Kier alpha value is -0.580. The molecule has 0 unspecified atom stereocenters. The molecule has 1 heterocycles. The fraction of sp³-hybridized carbons (Fsp3) is 0.545. The predicted molar refractivity (Wildman–Crippen MR) is 65.0 cm³/mol. The summed E-state index contributed by atoms with van der Waals surface area (Å²) in [7, 11) is 0. The van der Waals surface area contributed by atoms with Crippen molar-refractivity contribution in [1.29, 1.82) is 0 Å². The van der Waals surface area contributed by atoms with Crippen LogP contribution in [0.3, 0.4) is 0 Å². The van der Waals surface area contributed by atoms with E-state index >= 15 is 0 Å². The summed E-state index contributed by atoms with van der Waals surface area (Å²) >= 11 is 7.34. The maximum Gasteiger partial charge on any atom is 0.310 e. The van der Waals surface area contributed by atoms with E-state index in [1.807, 2.05) is 12.1 Å². The van der Waals surface area contributed by atoms with Gasteiger partial charge in [-0.3, -0.25) is 4.79 Å². The largest absolute Gasteiger partial charge is 0.481 e. The van der Waals surface area contributed by atoms with Gasteiger partial charge in [0.15, 0.2) is 0 Å². The topological polar surface area (TPSA) is 49.3 Å². The first kappa shape index (κ1) is 11.9. The molecule has 16 heavy (non-hydrogen) atoms. The SMILES string of the molecule is O=C(O)C1(CNCc2ccc(Cl)s2)CCC1. The molecule has 5 heteroatoms. The number of halogens is 1. The summed E-state index contributed by atoms with van der Waals surface area (Å²) in [5, 5.41) is 12.3. The quantitative estimate of drug-likeness (QED) is 0.855. The molecule has 88 valence electrons. The van der Waals surface area contributed by atoms with Crippen molar-refractivity contribution in [3.63, 3.8) is 0 Å². The molecule has 0 atom stereocenters. The highest BCUT2D eigenvalue weighted by Gasteiger charge is 2.43. The summed E-state index contributed by atoms with van der Waals surface area (Å²) in [6.07, 6.45) is 2.61. The molecule has 0 bridgehead atoms. The molecule has 0 spiro atoms. The third kappa shape index (κ3) is 2.39. The van der Waals surface area contributed by atoms with Gasteiger partial charge in [0.05, 0.1) is 9.75 Å². The molecule has 1 saturated carbocycles. The number of hydrogen-bond acceptors (Lipinski definition) is 3. The van der Waals surface area contributed by atoms with E-state index in [1.54, 1.807) is 0 Å². The minimum absolute atomic E-state index is 0.513. The third-order valence-corrected chi connectivity index (χ3v) is 4.39. The first-order chi connectivity index (χ1) is 7.62. The number of carboxylic acid groups (broad SMARTS) is 1. The van der Waals surface area contributed by atoms with Crippen LogP contribution in [0.2, 0.25) is 4.34 Å². The van der Waals surface area contributed by atoms with E-state index in [-0.39, 0.29) is 0 Å². The molecule has 0 aromatic carbocycles. The molecule has 1 aromatic heterocycles. The van der Waals surface area contributed by atoms with E-state index < -0.39 is 11.4 Å². The number of rotatable bonds is 5. The maximum absolute atomic E-state index is 11.1. The van der Waals surface area contributed by atoms with Crippen LogP contribution in [0.5, 0.6) is 0 Å². The molecular weight excluding hydrogens is 246 g/mol. The normalized spacial score (nSPS) is 18.1. The molecule has 1 aromatic rings. The Morgan fingerprint density at radius 2 is 2.31 bits per heavy atom. The second-order valence-corrected chi connectivity index (χ2v) is 6.05. The molecule has 0 radical (unpaired) electrons. The summed E-state index contributed by atoms with van der Waals surface area (Å²) in [5.41, 5.74) is -0.513. The van der Waals surface area contributed by atoms with Crippen molar-refractivity contribution in [2.24, 2.45) is 5.41 Å². The molecule has 2 N–H and O–H groups in total. The van der Waals surface area contributed by atoms with Gasteiger partial charge in [-0.15, -0.1) is 11.3 Å². The van der Waals surface area contributed by atoms with Crippen LogP contribution >= 0.6 is 22.9 Å². The first-order valence-corrected chi connectivity index (χ1v) is 6.50. The van der Waals surface area contributed by atoms with E-state index in [1.165, 1.54) is 11.3 Å². The minimum Gasteiger partial charge on any atom is -0.481 e. The van der Waals surface area contributed by atoms with Crippen LogP contribution in [0.25, 0.3) is 0 Å². The van der Waals surface area contributed by atoms with Gasteiger partial charge in [0, 0.05) is 18.0 Å². The monoisotopic (exact) mass is 259 g/mol.